The fraction of sp³-hybridized carbons (Fsp3) is 0.0476. The van der Waals surface area contributed by atoms with E-state index in [0.717, 1.165) is 38.2 Å². The Hall–Kier alpha value is -2.92. The molecule has 0 unspecified atom stereocenters. The van der Waals surface area contributed by atoms with Crippen LogP contribution in [0.3, 0.4) is 0 Å². The van der Waals surface area contributed by atoms with Crippen molar-refractivity contribution >= 4 is 38.9 Å². The van der Waals surface area contributed by atoms with Gasteiger partial charge in [0, 0.05) is 16.4 Å². The van der Waals surface area contributed by atoms with E-state index in [1.807, 2.05) is 79.3 Å². The minimum absolute atomic E-state index is 0.836. The lowest BCUT2D eigenvalue weighted by atomic mass is 10.2. The number of rotatable bonds is 4. The second kappa shape index (κ2) is 7.14. The number of hydrogen-bond donors (Lipinski definition) is 0. The first-order chi connectivity index (χ1) is 12.7. The Morgan fingerprint density at radius 3 is 2.50 bits per heavy atom. The molecule has 0 spiro atoms. The number of nitrogens with zero attached hydrogens (tertiary/aromatic N) is 3. The van der Waals surface area contributed by atoms with Gasteiger partial charge in [0.2, 0.25) is 0 Å². The second-order valence-electron chi connectivity index (χ2n) is 5.80. The van der Waals surface area contributed by atoms with Crippen LogP contribution in [0.5, 0.6) is 5.75 Å². The van der Waals surface area contributed by atoms with Gasteiger partial charge in [-0.15, -0.1) is 0 Å². The van der Waals surface area contributed by atoms with Crippen molar-refractivity contribution in [3.8, 4) is 11.4 Å². The van der Waals surface area contributed by atoms with Crippen molar-refractivity contribution in [2.24, 2.45) is 4.99 Å². The normalized spacial score (nSPS) is 11.3. The molecule has 3 aromatic carbocycles. The average molecular weight is 406 g/mol. The number of ether oxygens (including phenoxy) is 1. The third-order valence-corrected chi connectivity index (χ3v) is 4.64. The summed E-state index contributed by atoms with van der Waals surface area (Å²) in [4.78, 5) is 9.07. The van der Waals surface area contributed by atoms with Crippen molar-refractivity contribution in [2.75, 3.05) is 7.11 Å². The van der Waals surface area contributed by atoms with Crippen LogP contribution >= 0.6 is 15.9 Å². The zero-order valence-corrected chi connectivity index (χ0v) is 15.7. The molecule has 0 saturated heterocycles. The minimum atomic E-state index is 0.836. The Morgan fingerprint density at radius 2 is 1.77 bits per heavy atom. The zero-order chi connectivity index (χ0) is 17.9. The monoisotopic (exact) mass is 405 g/mol. The Bertz CT molecular complexity index is 1070. The summed E-state index contributed by atoms with van der Waals surface area (Å²) in [5.74, 6) is 0.836. The van der Waals surface area contributed by atoms with Crippen molar-refractivity contribution in [2.45, 2.75) is 0 Å². The second-order valence-corrected chi connectivity index (χ2v) is 6.71. The third-order valence-electron chi connectivity index (χ3n) is 4.11. The number of fused-ring (bicyclic) bond motifs is 1. The van der Waals surface area contributed by atoms with Gasteiger partial charge in [0.25, 0.3) is 0 Å². The van der Waals surface area contributed by atoms with E-state index in [1.165, 1.54) is 0 Å². The van der Waals surface area contributed by atoms with Crippen LogP contribution in [0.15, 0.2) is 82.5 Å². The summed E-state index contributed by atoms with van der Waals surface area (Å²) in [6, 6.07) is 22.0. The summed E-state index contributed by atoms with van der Waals surface area (Å²) in [6.07, 6.45) is 3.68. The molecular formula is C21H16BrN3O. The zero-order valence-electron chi connectivity index (χ0n) is 14.1. The SMILES string of the molecule is COc1ccc(-n2cnc3cc(N=Cc4ccc(Br)cc4)ccc32)cc1. The molecule has 0 aliphatic carbocycles. The number of aromatic nitrogens is 2. The highest BCUT2D eigenvalue weighted by molar-refractivity contribution is 9.10. The van der Waals surface area contributed by atoms with E-state index in [1.54, 1.807) is 7.11 Å². The van der Waals surface area contributed by atoms with E-state index >= 15 is 0 Å². The highest BCUT2D eigenvalue weighted by atomic mass is 79.9. The first-order valence-corrected chi connectivity index (χ1v) is 8.93. The maximum absolute atomic E-state index is 5.22. The summed E-state index contributed by atoms with van der Waals surface area (Å²) in [5.41, 5.74) is 4.92. The Morgan fingerprint density at radius 1 is 1.00 bits per heavy atom. The molecule has 1 aromatic heterocycles. The van der Waals surface area contributed by atoms with E-state index in [0.29, 0.717) is 0 Å². The molecule has 0 aliphatic heterocycles. The van der Waals surface area contributed by atoms with Crippen LogP contribution in [0.25, 0.3) is 16.7 Å². The quantitative estimate of drug-likeness (QED) is 0.417. The number of methoxy groups -OCH3 is 1. The van der Waals surface area contributed by atoms with E-state index in [2.05, 4.69) is 30.5 Å². The van der Waals surface area contributed by atoms with Crippen LogP contribution in [0.1, 0.15) is 5.56 Å². The first-order valence-electron chi connectivity index (χ1n) is 8.14. The summed E-state index contributed by atoms with van der Waals surface area (Å²) in [7, 11) is 1.66. The van der Waals surface area contributed by atoms with Gasteiger partial charge in [-0.25, -0.2) is 4.98 Å². The Kier molecular flexibility index (Phi) is 4.54. The summed E-state index contributed by atoms with van der Waals surface area (Å²) < 4.78 is 8.32. The van der Waals surface area contributed by atoms with Gasteiger partial charge in [-0.05, 0) is 60.2 Å². The van der Waals surface area contributed by atoms with Gasteiger partial charge < -0.3 is 4.74 Å². The van der Waals surface area contributed by atoms with Crippen molar-refractivity contribution in [1.29, 1.82) is 0 Å². The molecular weight excluding hydrogens is 390 g/mol. The third kappa shape index (κ3) is 3.39. The number of imidazole rings is 1. The van der Waals surface area contributed by atoms with Crippen molar-refractivity contribution in [1.82, 2.24) is 9.55 Å². The predicted molar refractivity (Wildman–Crippen MR) is 109 cm³/mol. The van der Waals surface area contributed by atoms with Gasteiger partial charge >= 0.3 is 0 Å². The van der Waals surface area contributed by atoms with Crippen LogP contribution in [0.4, 0.5) is 5.69 Å². The van der Waals surface area contributed by atoms with Crippen molar-refractivity contribution in [3.63, 3.8) is 0 Å². The van der Waals surface area contributed by atoms with Crippen LogP contribution in [-0.4, -0.2) is 22.9 Å². The number of halogens is 1. The smallest absolute Gasteiger partial charge is 0.119 e. The van der Waals surface area contributed by atoms with Gasteiger partial charge in [0.15, 0.2) is 0 Å². The molecule has 0 N–H and O–H groups in total. The lowest BCUT2D eigenvalue weighted by Gasteiger charge is -2.06. The lowest BCUT2D eigenvalue weighted by molar-refractivity contribution is 0.415. The predicted octanol–water partition coefficient (Wildman–Crippen LogP) is 5.55. The minimum Gasteiger partial charge on any atom is -0.497 e. The molecule has 0 aliphatic rings. The molecule has 4 aromatic rings. The van der Waals surface area contributed by atoms with Gasteiger partial charge in [0.05, 0.1) is 23.8 Å². The number of benzene rings is 3. The fourth-order valence-electron chi connectivity index (χ4n) is 2.73. The summed E-state index contributed by atoms with van der Waals surface area (Å²) in [5, 5.41) is 0. The first kappa shape index (κ1) is 16.5. The molecule has 5 heteroatoms. The van der Waals surface area contributed by atoms with Crippen LogP contribution in [0, 0.1) is 0 Å². The van der Waals surface area contributed by atoms with Crippen molar-refractivity contribution < 1.29 is 4.74 Å². The number of aliphatic imine (C=N–C) groups is 1. The maximum Gasteiger partial charge on any atom is 0.119 e. The van der Waals surface area contributed by atoms with Crippen LogP contribution in [0.2, 0.25) is 0 Å². The molecule has 0 fully saturated rings. The largest absolute Gasteiger partial charge is 0.497 e. The standard InChI is InChI=1S/C21H16BrN3O/c1-26-19-9-7-18(8-10-19)25-14-24-20-12-17(6-11-21(20)25)23-13-15-2-4-16(22)5-3-15/h2-14H,1H3. The Balaban J connectivity index is 1.63. The fourth-order valence-corrected chi connectivity index (χ4v) is 2.99. The molecule has 0 bridgehead atoms. The lowest BCUT2D eigenvalue weighted by Crippen LogP contribution is -1.92. The van der Waals surface area contributed by atoms with E-state index in [-0.39, 0.29) is 0 Å². The van der Waals surface area contributed by atoms with Gasteiger partial charge in [-0.1, -0.05) is 28.1 Å². The molecule has 128 valence electrons. The average Bonchev–Trinajstić information content (AvgIpc) is 3.11. The van der Waals surface area contributed by atoms with Crippen molar-refractivity contribution in [3.05, 3.63) is 83.1 Å². The maximum atomic E-state index is 5.22. The molecule has 0 radical (unpaired) electrons. The summed E-state index contributed by atoms with van der Waals surface area (Å²) >= 11 is 3.44. The summed E-state index contributed by atoms with van der Waals surface area (Å²) in [6.45, 7) is 0. The van der Waals surface area contributed by atoms with E-state index in [4.69, 9.17) is 4.74 Å². The topological polar surface area (TPSA) is 39.4 Å². The highest BCUT2D eigenvalue weighted by Gasteiger charge is 2.05. The van der Waals surface area contributed by atoms with Gasteiger partial charge in [-0.2, -0.15) is 0 Å². The van der Waals surface area contributed by atoms with Crippen LogP contribution in [-0.2, 0) is 0 Å². The molecule has 4 rings (SSSR count). The van der Waals surface area contributed by atoms with Gasteiger partial charge in [0.1, 0.15) is 12.1 Å². The Labute approximate surface area is 159 Å². The van der Waals surface area contributed by atoms with E-state index < -0.39 is 0 Å². The van der Waals surface area contributed by atoms with Gasteiger partial charge in [-0.3, -0.25) is 9.56 Å². The number of hydrogen-bond acceptors (Lipinski definition) is 3. The molecule has 0 amide bonds. The molecule has 26 heavy (non-hydrogen) atoms. The van der Waals surface area contributed by atoms with E-state index in [9.17, 15) is 0 Å². The highest BCUT2D eigenvalue weighted by Crippen LogP contribution is 2.24. The molecule has 0 atom stereocenters. The molecule has 4 nitrogen and oxygen atoms in total. The molecule has 0 saturated carbocycles. The molecule has 1 heterocycles. The van der Waals surface area contributed by atoms with Crippen LogP contribution < -0.4 is 4.74 Å².